The maximum atomic E-state index is 11.8. The molecule has 1 aromatic heterocycles. The predicted octanol–water partition coefficient (Wildman–Crippen LogP) is 3.32. The first-order valence-corrected chi connectivity index (χ1v) is 7.63. The lowest BCUT2D eigenvalue weighted by molar-refractivity contribution is -0.116. The number of amides is 1. The minimum Gasteiger partial charge on any atom is -0.352 e. The molecule has 0 unspecified atom stereocenters. The first-order chi connectivity index (χ1) is 10.7. The van der Waals surface area contributed by atoms with Crippen molar-refractivity contribution in [3.63, 3.8) is 0 Å². The molecule has 2 rings (SSSR count). The Labute approximate surface area is 132 Å². The molecule has 114 valence electrons. The second-order valence-corrected chi connectivity index (χ2v) is 5.34. The van der Waals surface area contributed by atoms with Crippen LogP contribution in [0.5, 0.6) is 0 Å². The highest BCUT2D eigenvalue weighted by atomic mass is 16.1. The molecule has 3 nitrogen and oxygen atoms in total. The molecule has 0 fully saturated rings. The fourth-order valence-electron chi connectivity index (χ4n) is 2.19. The quantitative estimate of drug-likeness (QED) is 0.796. The third-order valence-corrected chi connectivity index (χ3v) is 3.43. The van der Waals surface area contributed by atoms with Crippen molar-refractivity contribution in [3.05, 3.63) is 77.6 Å². The van der Waals surface area contributed by atoms with E-state index in [-0.39, 0.29) is 5.91 Å². The average Bonchev–Trinajstić information content (AvgIpc) is 2.55. The van der Waals surface area contributed by atoms with Crippen LogP contribution in [0.2, 0.25) is 0 Å². The van der Waals surface area contributed by atoms with Crippen LogP contribution in [-0.4, -0.2) is 17.4 Å². The molecule has 1 N–H and O–H groups in total. The summed E-state index contributed by atoms with van der Waals surface area (Å²) in [6.45, 7) is 2.61. The van der Waals surface area contributed by atoms with Crippen LogP contribution in [0.3, 0.4) is 0 Å². The maximum absolute atomic E-state index is 11.8. The minimum atomic E-state index is -0.0264. The Hall–Kier alpha value is -2.42. The van der Waals surface area contributed by atoms with Crippen LogP contribution in [0, 0.1) is 0 Å². The Morgan fingerprint density at radius 3 is 2.59 bits per heavy atom. The number of nitrogens with one attached hydrogen (secondary N) is 1. The Kier molecular flexibility index (Phi) is 6.37. The lowest BCUT2D eigenvalue weighted by Gasteiger charge is -2.04. The van der Waals surface area contributed by atoms with Crippen LogP contribution in [0.1, 0.15) is 24.6 Å². The second kappa shape index (κ2) is 8.78. The summed E-state index contributed by atoms with van der Waals surface area (Å²) in [6, 6.07) is 16.1. The molecule has 0 radical (unpaired) electrons. The normalized spacial score (nSPS) is 11.2. The van der Waals surface area contributed by atoms with E-state index in [2.05, 4.69) is 22.4 Å². The summed E-state index contributed by atoms with van der Waals surface area (Å²) in [4.78, 5) is 16.1. The smallest absolute Gasteiger partial charge is 0.243 e. The third-order valence-electron chi connectivity index (χ3n) is 3.43. The van der Waals surface area contributed by atoms with E-state index in [9.17, 15) is 4.79 Å². The van der Waals surface area contributed by atoms with Gasteiger partial charge in [-0.15, -0.1) is 0 Å². The van der Waals surface area contributed by atoms with Crippen LogP contribution in [0.4, 0.5) is 0 Å². The van der Waals surface area contributed by atoms with E-state index < -0.39 is 0 Å². The topological polar surface area (TPSA) is 42.0 Å². The largest absolute Gasteiger partial charge is 0.352 e. The number of hydrogen-bond donors (Lipinski definition) is 1. The summed E-state index contributed by atoms with van der Waals surface area (Å²) in [5, 5.41) is 2.90. The van der Waals surface area contributed by atoms with Crippen molar-refractivity contribution in [2.75, 3.05) is 6.54 Å². The van der Waals surface area contributed by atoms with Crippen LogP contribution in [0.15, 0.2) is 66.4 Å². The second-order valence-electron chi connectivity index (χ2n) is 5.34. The maximum Gasteiger partial charge on any atom is 0.243 e. The molecule has 3 heteroatoms. The molecular formula is C19H22N2O. The Morgan fingerprint density at radius 1 is 1.09 bits per heavy atom. The van der Waals surface area contributed by atoms with E-state index >= 15 is 0 Å². The summed E-state index contributed by atoms with van der Waals surface area (Å²) < 4.78 is 0. The van der Waals surface area contributed by atoms with E-state index in [1.165, 1.54) is 5.56 Å². The van der Waals surface area contributed by atoms with Crippen molar-refractivity contribution in [1.82, 2.24) is 10.3 Å². The molecule has 0 spiro atoms. The fraction of sp³-hybridized carbons (Fsp3) is 0.263. The fourth-order valence-corrected chi connectivity index (χ4v) is 2.19. The van der Waals surface area contributed by atoms with E-state index in [0.717, 1.165) is 30.5 Å². The molecule has 1 amide bonds. The summed E-state index contributed by atoms with van der Waals surface area (Å²) in [5.41, 5.74) is 3.39. The number of allylic oxidation sites excluding steroid dienone is 1. The van der Waals surface area contributed by atoms with Crippen molar-refractivity contribution in [2.24, 2.45) is 0 Å². The van der Waals surface area contributed by atoms with Gasteiger partial charge in [0.25, 0.3) is 0 Å². The molecule has 0 saturated carbocycles. The Morgan fingerprint density at radius 2 is 1.86 bits per heavy atom. The van der Waals surface area contributed by atoms with Gasteiger partial charge in [-0.05, 0) is 37.5 Å². The third kappa shape index (κ3) is 5.92. The van der Waals surface area contributed by atoms with E-state index in [1.54, 1.807) is 12.3 Å². The molecule has 0 bridgehead atoms. The molecule has 1 aromatic carbocycles. The molecule has 0 saturated heterocycles. The van der Waals surface area contributed by atoms with E-state index in [4.69, 9.17) is 0 Å². The van der Waals surface area contributed by atoms with Crippen LogP contribution < -0.4 is 5.32 Å². The monoisotopic (exact) mass is 294 g/mol. The van der Waals surface area contributed by atoms with Crippen LogP contribution in [-0.2, 0) is 17.6 Å². The van der Waals surface area contributed by atoms with Gasteiger partial charge < -0.3 is 5.32 Å². The van der Waals surface area contributed by atoms with Gasteiger partial charge in [-0.25, -0.2) is 0 Å². The number of carbonyl (C=O) groups is 1. The molecule has 0 aliphatic heterocycles. The summed E-state index contributed by atoms with van der Waals surface area (Å²) in [6.07, 6.45) is 6.08. The Bertz CT molecular complexity index is 606. The number of pyridine rings is 1. The predicted molar refractivity (Wildman–Crippen MR) is 89.5 cm³/mol. The van der Waals surface area contributed by atoms with E-state index in [1.807, 2.05) is 43.3 Å². The van der Waals surface area contributed by atoms with Gasteiger partial charge in [0.1, 0.15) is 0 Å². The number of nitrogens with zero attached hydrogens (tertiary/aromatic N) is 1. The van der Waals surface area contributed by atoms with Crippen molar-refractivity contribution >= 4 is 5.91 Å². The van der Waals surface area contributed by atoms with Crippen molar-refractivity contribution in [2.45, 2.75) is 26.2 Å². The molecule has 1 heterocycles. The summed E-state index contributed by atoms with van der Waals surface area (Å²) in [5.74, 6) is -0.0264. The number of aryl methyl sites for hydroxylation is 1. The summed E-state index contributed by atoms with van der Waals surface area (Å²) in [7, 11) is 0. The van der Waals surface area contributed by atoms with Crippen LogP contribution in [0.25, 0.3) is 0 Å². The molecular weight excluding hydrogens is 272 g/mol. The van der Waals surface area contributed by atoms with Gasteiger partial charge in [-0.2, -0.15) is 0 Å². The zero-order valence-electron chi connectivity index (χ0n) is 13.0. The van der Waals surface area contributed by atoms with Gasteiger partial charge >= 0.3 is 0 Å². The Balaban J connectivity index is 1.70. The standard InChI is InChI=1S/C19H22N2O/c1-16(10-11-17-7-3-2-4-8-17)15-19(22)21-14-12-18-9-5-6-13-20-18/h2-9,13,15H,10-12,14H2,1H3,(H,21,22). The molecule has 0 atom stereocenters. The van der Waals surface area contributed by atoms with Gasteiger partial charge in [0.15, 0.2) is 0 Å². The highest BCUT2D eigenvalue weighted by molar-refractivity contribution is 5.88. The zero-order chi connectivity index (χ0) is 15.6. The molecule has 0 aliphatic carbocycles. The molecule has 2 aromatic rings. The molecule has 22 heavy (non-hydrogen) atoms. The lowest BCUT2D eigenvalue weighted by Crippen LogP contribution is -2.24. The minimum absolute atomic E-state index is 0.0264. The zero-order valence-corrected chi connectivity index (χ0v) is 13.0. The SMILES string of the molecule is CC(=CC(=O)NCCc1ccccn1)CCc1ccccc1. The van der Waals surface area contributed by atoms with Crippen LogP contribution >= 0.6 is 0 Å². The summed E-state index contributed by atoms with van der Waals surface area (Å²) >= 11 is 0. The number of hydrogen-bond acceptors (Lipinski definition) is 2. The lowest BCUT2D eigenvalue weighted by atomic mass is 10.1. The molecule has 0 aliphatic rings. The average molecular weight is 294 g/mol. The van der Waals surface area contributed by atoms with Gasteiger partial charge in [0.2, 0.25) is 5.91 Å². The number of carbonyl (C=O) groups excluding carboxylic acids is 1. The first-order valence-electron chi connectivity index (χ1n) is 7.63. The van der Waals surface area contributed by atoms with Crippen molar-refractivity contribution < 1.29 is 4.79 Å². The van der Waals surface area contributed by atoms with Gasteiger partial charge in [0, 0.05) is 30.9 Å². The van der Waals surface area contributed by atoms with Gasteiger partial charge in [-0.3, -0.25) is 9.78 Å². The van der Waals surface area contributed by atoms with Crippen molar-refractivity contribution in [3.8, 4) is 0 Å². The highest BCUT2D eigenvalue weighted by Crippen LogP contribution is 2.08. The van der Waals surface area contributed by atoms with Gasteiger partial charge in [-0.1, -0.05) is 42.0 Å². The highest BCUT2D eigenvalue weighted by Gasteiger charge is 2.00. The number of benzene rings is 1. The first kappa shape index (κ1) is 16.0. The number of rotatable bonds is 7. The van der Waals surface area contributed by atoms with Crippen molar-refractivity contribution in [1.29, 1.82) is 0 Å². The van der Waals surface area contributed by atoms with Gasteiger partial charge in [0.05, 0.1) is 0 Å². The van der Waals surface area contributed by atoms with E-state index in [0.29, 0.717) is 6.54 Å². The number of aromatic nitrogens is 1.